The number of anilines is 1. The van der Waals surface area contributed by atoms with Crippen molar-refractivity contribution in [1.29, 1.82) is 0 Å². The highest BCUT2D eigenvalue weighted by Gasteiger charge is 2.18. The first-order valence-electron chi connectivity index (χ1n) is 6.28. The molecular formula is C14H15F2N3O2. The maximum absolute atomic E-state index is 13.1. The van der Waals surface area contributed by atoms with Crippen LogP contribution in [-0.2, 0) is 17.7 Å². The van der Waals surface area contributed by atoms with E-state index >= 15 is 0 Å². The fourth-order valence-electron chi connectivity index (χ4n) is 2.11. The second-order valence-electron chi connectivity index (χ2n) is 4.56. The quantitative estimate of drug-likeness (QED) is 0.877. The summed E-state index contributed by atoms with van der Waals surface area (Å²) in [6, 6.07) is 3.33. The number of nitrogens with zero attached hydrogens (tertiary/aromatic N) is 2. The number of aromatic nitrogens is 2. The summed E-state index contributed by atoms with van der Waals surface area (Å²) in [5, 5.41) is 0. The van der Waals surface area contributed by atoms with Crippen LogP contribution in [0.2, 0.25) is 0 Å². The van der Waals surface area contributed by atoms with Gasteiger partial charge in [-0.3, -0.25) is 0 Å². The van der Waals surface area contributed by atoms with Crippen LogP contribution >= 0.6 is 0 Å². The zero-order chi connectivity index (χ0) is 15.6. The molecule has 0 atom stereocenters. The molecule has 0 radical (unpaired) electrons. The second-order valence-corrected chi connectivity index (χ2v) is 4.56. The predicted molar refractivity (Wildman–Crippen MR) is 72.8 cm³/mol. The number of methoxy groups -OCH3 is 1. The Kier molecular flexibility index (Phi) is 4.21. The molecule has 0 aliphatic carbocycles. The zero-order valence-corrected chi connectivity index (χ0v) is 11.7. The third kappa shape index (κ3) is 3.18. The van der Waals surface area contributed by atoms with Gasteiger partial charge in [0.1, 0.15) is 23.3 Å². The van der Waals surface area contributed by atoms with E-state index in [4.69, 9.17) is 5.73 Å². The SMILES string of the molecule is COC(=O)c1nc(C)n(CCc2cc(F)cc(F)c2)c1N. The fourth-order valence-corrected chi connectivity index (χ4v) is 2.11. The van der Waals surface area contributed by atoms with Crippen molar-refractivity contribution in [2.24, 2.45) is 0 Å². The molecule has 5 nitrogen and oxygen atoms in total. The molecule has 0 aliphatic rings. The molecule has 1 heterocycles. The second kappa shape index (κ2) is 5.90. The highest BCUT2D eigenvalue weighted by Crippen LogP contribution is 2.17. The van der Waals surface area contributed by atoms with Gasteiger partial charge in [0.25, 0.3) is 0 Å². The molecule has 0 amide bonds. The average Bonchev–Trinajstić information content (AvgIpc) is 2.70. The standard InChI is InChI=1S/C14H15F2N3O2/c1-8-18-12(14(20)21-2)13(17)19(8)4-3-9-5-10(15)7-11(16)6-9/h5-7H,3-4,17H2,1-2H3. The molecule has 0 saturated heterocycles. The molecule has 2 rings (SSSR count). The number of esters is 1. The Morgan fingerprint density at radius 3 is 2.52 bits per heavy atom. The predicted octanol–water partition coefficient (Wildman–Crippen LogP) is 2.08. The maximum atomic E-state index is 13.1. The van der Waals surface area contributed by atoms with E-state index < -0.39 is 17.6 Å². The molecule has 7 heteroatoms. The summed E-state index contributed by atoms with van der Waals surface area (Å²) in [6.45, 7) is 2.04. The van der Waals surface area contributed by atoms with Crippen LogP contribution in [0.4, 0.5) is 14.6 Å². The molecule has 0 aliphatic heterocycles. The van der Waals surface area contributed by atoms with Crippen LogP contribution < -0.4 is 5.73 Å². The third-order valence-electron chi connectivity index (χ3n) is 3.12. The van der Waals surface area contributed by atoms with Crippen LogP contribution in [0.15, 0.2) is 18.2 Å². The summed E-state index contributed by atoms with van der Waals surface area (Å²) in [7, 11) is 1.24. The first kappa shape index (κ1) is 15.0. The van der Waals surface area contributed by atoms with Crippen LogP contribution in [0.1, 0.15) is 21.9 Å². The summed E-state index contributed by atoms with van der Waals surface area (Å²) >= 11 is 0. The topological polar surface area (TPSA) is 70.1 Å². The smallest absolute Gasteiger partial charge is 0.360 e. The lowest BCUT2D eigenvalue weighted by Crippen LogP contribution is -2.10. The number of imidazole rings is 1. The van der Waals surface area contributed by atoms with Crippen molar-refractivity contribution in [3.05, 3.63) is 46.9 Å². The number of nitrogens with two attached hydrogens (primary N) is 1. The number of aryl methyl sites for hydroxylation is 2. The van der Waals surface area contributed by atoms with E-state index in [0.29, 0.717) is 24.4 Å². The minimum absolute atomic E-state index is 0.0421. The molecule has 1 aromatic heterocycles. The average molecular weight is 295 g/mol. The number of carbonyl (C=O) groups excluding carboxylic acids is 1. The molecule has 2 aromatic rings. The Labute approximate surface area is 120 Å². The number of hydrogen-bond donors (Lipinski definition) is 1. The molecule has 0 spiro atoms. The lowest BCUT2D eigenvalue weighted by atomic mass is 10.1. The normalized spacial score (nSPS) is 10.7. The Bertz CT molecular complexity index is 663. The molecule has 1 aromatic carbocycles. The summed E-state index contributed by atoms with van der Waals surface area (Å²) in [4.78, 5) is 15.5. The van der Waals surface area contributed by atoms with Crippen LogP contribution in [0.25, 0.3) is 0 Å². The molecule has 0 saturated carbocycles. The zero-order valence-electron chi connectivity index (χ0n) is 11.7. The molecule has 0 unspecified atom stereocenters. The molecule has 0 fully saturated rings. The first-order valence-corrected chi connectivity index (χ1v) is 6.28. The lowest BCUT2D eigenvalue weighted by Gasteiger charge is -2.08. The van der Waals surface area contributed by atoms with Gasteiger partial charge in [-0.25, -0.2) is 18.6 Å². The number of halogens is 2. The Morgan fingerprint density at radius 1 is 1.33 bits per heavy atom. The van der Waals surface area contributed by atoms with Gasteiger partial charge >= 0.3 is 5.97 Å². The minimum atomic E-state index is -0.629. The Hall–Kier alpha value is -2.44. The van der Waals surface area contributed by atoms with E-state index in [1.807, 2.05) is 0 Å². The number of nitrogen functional groups attached to an aromatic ring is 1. The van der Waals surface area contributed by atoms with E-state index in [9.17, 15) is 13.6 Å². The van der Waals surface area contributed by atoms with Gasteiger partial charge < -0.3 is 15.0 Å². The third-order valence-corrected chi connectivity index (χ3v) is 3.12. The van der Waals surface area contributed by atoms with Crippen molar-refractivity contribution in [3.8, 4) is 0 Å². The van der Waals surface area contributed by atoms with Gasteiger partial charge in [0.05, 0.1) is 7.11 Å². The highest BCUT2D eigenvalue weighted by molar-refractivity contribution is 5.92. The van der Waals surface area contributed by atoms with Crippen molar-refractivity contribution < 1.29 is 18.3 Å². The van der Waals surface area contributed by atoms with Crippen molar-refractivity contribution in [2.45, 2.75) is 19.9 Å². The Morgan fingerprint density at radius 2 is 1.95 bits per heavy atom. The number of hydrogen-bond acceptors (Lipinski definition) is 4. The molecular weight excluding hydrogens is 280 g/mol. The Balaban J connectivity index is 2.20. The molecule has 0 bridgehead atoms. The van der Waals surface area contributed by atoms with Crippen molar-refractivity contribution >= 4 is 11.8 Å². The summed E-state index contributed by atoms with van der Waals surface area (Å²) in [5.74, 6) is -1.17. The number of rotatable bonds is 4. The first-order chi connectivity index (χ1) is 9.92. The number of ether oxygens (including phenoxy) is 1. The van der Waals surface area contributed by atoms with E-state index in [1.54, 1.807) is 11.5 Å². The number of benzene rings is 1. The molecule has 112 valence electrons. The minimum Gasteiger partial charge on any atom is -0.464 e. The van der Waals surface area contributed by atoms with Crippen LogP contribution in [0.5, 0.6) is 0 Å². The lowest BCUT2D eigenvalue weighted by molar-refractivity contribution is 0.0595. The maximum Gasteiger partial charge on any atom is 0.360 e. The summed E-state index contributed by atoms with van der Waals surface area (Å²) in [6.07, 6.45) is 0.358. The number of carbonyl (C=O) groups is 1. The highest BCUT2D eigenvalue weighted by atomic mass is 19.1. The molecule has 2 N–H and O–H groups in total. The molecule has 21 heavy (non-hydrogen) atoms. The van der Waals surface area contributed by atoms with E-state index in [1.165, 1.54) is 19.2 Å². The monoisotopic (exact) mass is 295 g/mol. The fraction of sp³-hybridized carbons (Fsp3) is 0.286. The van der Waals surface area contributed by atoms with Gasteiger partial charge in [-0.1, -0.05) is 0 Å². The van der Waals surface area contributed by atoms with Gasteiger partial charge in [-0.15, -0.1) is 0 Å². The largest absolute Gasteiger partial charge is 0.464 e. The van der Waals surface area contributed by atoms with E-state index in [0.717, 1.165) is 6.07 Å². The van der Waals surface area contributed by atoms with Crippen molar-refractivity contribution in [1.82, 2.24) is 9.55 Å². The van der Waals surface area contributed by atoms with Crippen molar-refractivity contribution in [2.75, 3.05) is 12.8 Å². The summed E-state index contributed by atoms with van der Waals surface area (Å²) in [5.41, 5.74) is 6.40. The van der Waals surface area contributed by atoms with Crippen LogP contribution in [0, 0.1) is 18.6 Å². The van der Waals surface area contributed by atoms with Crippen LogP contribution in [0.3, 0.4) is 0 Å². The van der Waals surface area contributed by atoms with Gasteiger partial charge in [-0.05, 0) is 31.0 Å². The van der Waals surface area contributed by atoms with E-state index in [-0.39, 0.29) is 11.5 Å². The van der Waals surface area contributed by atoms with E-state index in [2.05, 4.69) is 9.72 Å². The van der Waals surface area contributed by atoms with Gasteiger partial charge in [0, 0.05) is 12.6 Å². The van der Waals surface area contributed by atoms with Gasteiger partial charge in [0.15, 0.2) is 5.69 Å². The van der Waals surface area contributed by atoms with Crippen LogP contribution in [-0.4, -0.2) is 22.6 Å². The summed E-state index contributed by atoms with van der Waals surface area (Å²) < 4.78 is 32.4. The van der Waals surface area contributed by atoms with Gasteiger partial charge in [0.2, 0.25) is 0 Å². The van der Waals surface area contributed by atoms with Crippen molar-refractivity contribution in [3.63, 3.8) is 0 Å². The van der Waals surface area contributed by atoms with Gasteiger partial charge in [-0.2, -0.15) is 0 Å².